The molecule has 0 unspecified atom stereocenters. The van der Waals surface area contributed by atoms with E-state index >= 15 is 0 Å². The molecule has 4 aromatic rings. The summed E-state index contributed by atoms with van der Waals surface area (Å²) in [5.41, 5.74) is 3.59. The summed E-state index contributed by atoms with van der Waals surface area (Å²) in [5, 5.41) is 0.811. The number of aryl methyl sites for hydroxylation is 1. The average molecular weight is 393 g/mol. The maximum atomic E-state index is 12.3. The van der Waals surface area contributed by atoms with Crippen LogP contribution in [-0.4, -0.2) is 24.9 Å². The van der Waals surface area contributed by atoms with Crippen molar-refractivity contribution >= 4 is 33.7 Å². The largest absolute Gasteiger partial charge is 0.424 e. The van der Waals surface area contributed by atoms with E-state index in [1.165, 1.54) is 0 Å². The van der Waals surface area contributed by atoms with E-state index < -0.39 is 0 Å². The van der Waals surface area contributed by atoms with Crippen molar-refractivity contribution in [3.05, 3.63) is 36.3 Å². The van der Waals surface area contributed by atoms with Crippen LogP contribution in [0.5, 0.6) is 5.75 Å². The summed E-state index contributed by atoms with van der Waals surface area (Å²) in [6.07, 6.45) is 5.87. The molecule has 0 saturated heterocycles. The van der Waals surface area contributed by atoms with E-state index in [1.54, 1.807) is 0 Å². The fraction of sp³-hybridized carbons (Fsp3) is 0.435. The van der Waals surface area contributed by atoms with Gasteiger partial charge in [0.25, 0.3) is 0 Å². The Hall–Kier alpha value is -2.89. The molecule has 1 aromatic carbocycles. The number of fused-ring (bicyclic) bond motifs is 5. The summed E-state index contributed by atoms with van der Waals surface area (Å²) in [6, 6.07) is 8.33. The lowest BCUT2D eigenvalue weighted by molar-refractivity contribution is -0.134. The predicted octanol–water partition coefficient (Wildman–Crippen LogP) is 5.47. The highest BCUT2D eigenvalue weighted by Gasteiger charge is 2.23. The highest BCUT2D eigenvalue weighted by atomic mass is 16.5. The Labute approximate surface area is 170 Å². The third-order valence-electron chi connectivity index (χ3n) is 5.47. The van der Waals surface area contributed by atoms with Gasteiger partial charge in [0.2, 0.25) is 0 Å². The van der Waals surface area contributed by atoms with Crippen molar-refractivity contribution in [2.45, 2.75) is 65.8 Å². The number of carbonyl (C=O) groups is 1. The molecule has 6 nitrogen and oxygen atoms in total. The lowest BCUT2D eigenvalue weighted by Gasteiger charge is -2.13. The van der Waals surface area contributed by atoms with Crippen molar-refractivity contribution < 1.29 is 9.53 Å². The Bertz CT molecular complexity index is 1190. The number of para-hydroxylation sites is 2. The monoisotopic (exact) mass is 392 g/mol. The van der Waals surface area contributed by atoms with Gasteiger partial charge in [-0.15, -0.1) is 0 Å². The standard InChI is InChI=1S/C23H28N4O2/c1-5-10-19-25-22-21(23-24-16-12-8-9-13-17(16)27(19)23)18(29-20(28)11-6-2)14-26(22)15(4)7-3/h8-9,12-15H,5-7,10-11H2,1-4H3/t15-/m1/s1. The lowest BCUT2D eigenvalue weighted by atomic mass is 10.2. The second kappa shape index (κ2) is 7.85. The van der Waals surface area contributed by atoms with Gasteiger partial charge in [0, 0.05) is 25.1 Å². The molecule has 152 valence electrons. The Morgan fingerprint density at radius 2 is 1.90 bits per heavy atom. The zero-order valence-corrected chi connectivity index (χ0v) is 17.6. The molecule has 0 saturated carbocycles. The highest BCUT2D eigenvalue weighted by molar-refractivity contribution is 6.01. The van der Waals surface area contributed by atoms with Gasteiger partial charge in [0.05, 0.1) is 11.0 Å². The fourth-order valence-electron chi connectivity index (χ4n) is 3.82. The number of imidazole rings is 1. The molecule has 0 fully saturated rings. The van der Waals surface area contributed by atoms with E-state index in [2.05, 4.69) is 35.8 Å². The summed E-state index contributed by atoms with van der Waals surface area (Å²) in [5.74, 6) is 1.31. The van der Waals surface area contributed by atoms with Gasteiger partial charge >= 0.3 is 5.97 Å². The number of esters is 1. The number of nitrogens with zero attached hydrogens (tertiary/aromatic N) is 4. The van der Waals surface area contributed by atoms with E-state index in [9.17, 15) is 4.79 Å². The Kier molecular flexibility index (Phi) is 5.26. The molecule has 1 atom stereocenters. The smallest absolute Gasteiger partial charge is 0.311 e. The van der Waals surface area contributed by atoms with Crippen LogP contribution in [0.15, 0.2) is 30.5 Å². The summed E-state index contributed by atoms with van der Waals surface area (Å²) in [6.45, 7) is 8.43. The molecule has 0 aliphatic rings. The summed E-state index contributed by atoms with van der Waals surface area (Å²) in [4.78, 5) is 22.3. The average Bonchev–Trinajstić information content (AvgIpc) is 3.26. The van der Waals surface area contributed by atoms with Crippen LogP contribution in [0.1, 0.15) is 65.2 Å². The van der Waals surface area contributed by atoms with E-state index in [-0.39, 0.29) is 12.0 Å². The lowest BCUT2D eigenvalue weighted by Crippen LogP contribution is -2.07. The quantitative estimate of drug-likeness (QED) is 0.392. The van der Waals surface area contributed by atoms with Crippen molar-refractivity contribution in [2.75, 3.05) is 0 Å². The van der Waals surface area contributed by atoms with Crippen LogP contribution >= 0.6 is 0 Å². The maximum absolute atomic E-state index is 12.3. The van der Waals surface area contributed by atoms with Gasteiger partial charge < -0.3 is 9.30 Å². The number of rotatable bonds is 7. The van der Waals surface area contributed by atoms with E-state index in [0.29, 0.717) is 12.2 Å². The van der Waals surface area contributed by atoms with Crippen LogP contribution < -0.4 is 4.74 Å². The number of ether oxygens (including phenoxy) is 1. The van der Waals surface area contributed by atoms with Crippen molar-refractivity contribution in [1.29, 1.82) is 0 Å². The molecule has 0 aliphatic heterocycles. The third kappa shape index (κ3) is 3.26. The number of aromatic nitrogens is 4. The van der Waals surface area contributed by atoms with Gasteiger partial charge in [-0.2, -0.15) is 0 Å². The van der Waals surface area contributed by atoms with Gasteiger partial charge in [0.1, 0.15) is 16.9 Å². The molecule has 0 spiro atoms. The molecule has 0 aliphatic carbocycles. The van der Waals surface area contributed by atoms with Crippen LogP contribution in [0.25, 0.3) is 27.7 Å². The first-order valence-electron chi connectivity index (χ1n) is 10.6. The van der Waals surface area contributed by atoms with Crippen LogP contribution in [0.3, 0.4) is 0 Å². The molecular weight excluding hydrogens is 364 g/mol. The maximum Gasteiger partial charge on any atom is 0.311 e. The molecule has 0 N–H and O–H groups in total. The summed E-state index contributed by atoms with van der Waals surface area (Å²) < 4.78 is 10.0. The topological polar surface area (TPSA) is 61.4 Å². The first kappa shape index (κ1) is 19.4. The molecule has 0 bridgehead atoms. The first-order chi connectivity index (χ1) is 14.1. The van der Waals surface area contributed by atoms with Crippen molar-refractivity contribution in [3.63, 3.8) is 0 Å². The Morgan fingerprint density at radius 3 is 2.62 bits per heavy atom. The molecule has 0 radical (unpaired) electrons. The van der Waals surface area contributed by atoms with Crippen molar-refractivity contribution in [3.8, 4) is 5.75 Å². The van der Waals surface area contributed by atoms with Crippen molar-refractivity contribution in [2.24, 2.45) is 0 Å². The van der Waals surface area contributed by atoms with Crippen LogP contribution in [-0.2, 0) is 11.2 Å². The molecule has 29 heavy (non-hydrogen) atoms. The van der Waals surface area contributed by atoms with Gasteiger partial charge in [0.15, 0.2) is 11.4 Å². The second-order valence-corrected chi connectivity index (χ2v) is 7.62. The highest BCUT2D eigenvalue weighted by Crippen LogP contribution is 2.35. The third-order valence-corrected chi connectivity index (χ3v) is 5.47. The molecule has 4 rings (SSSR count). The van der Waals surface area contributed by atoms with E-state index in [0.717, 1.165) is 59.2 Å². The van der Waals surface area contributed by atoms with Gasteiger partial charge in [-0.05, 0) is 38.3 Å². The van der Waals surface area contributed by atoms with Crippen molar-refractivity contribution in [1.82, 2.24) is 18.9 Å². The molecule has 3 aromatic heterocycles. The predicted molar refractivity (Wildman–Crippen MR) is 116 cm³/mol. The number of hydrogen-bond acceptors (Lipinski definition) is 4. The first-order valence-corrected chi connectivity index (χ1v) is 10.6. The fourth-order valence-corrected chi connectivity index (χ4v) is 3.82. The summed E-state index contributed by atoms with van der Waals surface area (Å²) >= 11 is 0. The number of carbonyl (C=O) groups excluding carboxylic acids is 1. The van der Waals surface area contributed by atoms with Gasteiger partial charge in [-0.3, -0.25) is 9.20 Å². The van der Waals surface area contributed by atoms with E-state index in [4.69, 9.17) is 14.7 Å². The minimum atomic E-state index is -0.220. The second-order valence-electron chi connectivity index (χ2n) is 7.62. The van der Waals surface area contributed by atoms with Gasteiger partial charge in [-0.1, -0.05) is 32.9 Å². The SMILES string of the molecule is CCCC(=O)Oc1cn([C@H](C)CC)c2nc(CCC)n3c4ccccc4nc3c12. The summed E-state index contributed by atoms with van der Waals surface area (Å²) in [7, 11) is 0. The molecular formula is C23H28N4O2. The molecule has 6 heteroatoms. The van der Waals surface area contributed by atoms with Gasteiger partial charge in [-0.25, -0.2) is 9.97 Å². The van der Waals surface area contributed by atoms with Crippen LogP contribution in [0, 0.1) is 0 Å². The molecule has 3 heterocycles. The van der Waals surface area contributed by atoms with E-state index in [1.807, 2.05) is 31.3 Å². The zero-order valence-electron chi connectivity index (χ0n) is 17.6. The number of hydrogen-bond donors (Lipinski definition) is 0. The minimum Gasteiger partial charge on any atom is -0.424 e. The van der Waals surface area contributed by atoms with Crippen LogP contribution in [0.4, 0.5) is 0 Å². The number of benzene rings is 1. The normalized spacial score (nSPS) is 12.8. The Morgan fingerprint density at radius 1 is 1.10 bits per heavy atom. The van der Waals surface area contributed by atoms with Crippen LogP contribution in [0.2, 0.25) is 0 Å². The Balaban J connectivity index is 2.09. The molecule has 0 amide bonds. The zero-order chi connectivity index (χ0) is 20.5. The minimum absolute atomic E-state index is 0.220.